The molecule has 8 nitrogen and oxygen atoms in total. The van der Waals surface area contributed by atoms with Crippen molar-refractivity contribution in [1.82, 2.24) is 20.6 Å². The van der Waals surface area contributed by atoms with Crippen molar-refractivity contribution in [3.63, 3.8) is 0 Å². The molecule has 2 amide bonds. The second kappa shape index (κ2) is 9.93. The number of hydrogen-bond donors (Lipinski definition) is 3. The zero-order valence-electron chi connectivity index (χ0n) is 20.0. The number of quaternary nitrogens is 1. The average molecular weight is 470 g/mol. The number of amides is 2. The molecule has 0 fully saturated rings. The molecule has 4 bridgehead atoms. The van der Waals surface area contributed by atoms with Gasteiger partial charge in [0.1, 0.15) is 11.1 Å². The lowest BCUT2D eigenvalue weighted by Crippen LogP contribution is -2.53. The summed E-state index contributed by atoms with van der Waals surface area (Å²) in [5.41, 5.74) is 11.3. The summed E-state index contributed by atoms with van der Waals surface area (Å²) in [6.07, 6.45) is 0.800. The van der Waals surface area contributed by atoms with Gasteiger partial charge in [0.25, 0.3) is 0 Å². The molecule has 3 rings (SSSR count). The fourth-order valence-corrected chi connectivity index (χ4v) is 4.66. The predicted molar refractivity (Wildman–Crippen MR) is 133 cm³/mol. The standard InChI is InChI=1S/C24H32N6O2S/c1-14-11-15(2)18-12-17(14)16(3)27-19(23(32)30(4,5)6)7-9-26-21(31)8-10-33-22-13-20(18)28-24(25)29-22/h11-13,19,27H,3,7-10H2,1-2,4-6H3,(H2-,25,26,28,29,31)/p+1. The minimum absolute atomic E-state index is 0.0141. The van der Waals surface area contributed by atoms with Gasteiger partial charge in [0, 0.05) is 35.5 Å². The van der Waals surface area contributed by atoms with Crippen molar-refractivity contribution in [2.75, 3.05) is 39.2 Å². The SMILES string of the molecule is C=C1NC(C(=O)[N+](C)(C)C)CCNC(=O)CCSc2cc(nc(N)n2)-c2cc1c(C)cc2C. The molecule has 4 N–H and O–H groups in total. The highest BCUT2D eigenvalue weighted by Crippen LogP contribution is 2.31. The van der Waals surface area contributed by atoms with Crippen LogP contribution in [0.3, 0.4) is 0 Å². The minimum atomic E-state index is -0.495. The Morgan fingerprint density at radius 3 is 2.55 bits per heavy atom. The third-order valence-electron chi connectivity index (χ3n) is 5.53. The number of aromatic nitrogens is 2. The van der Waals surface area contributed by atoms with E-state index in [4.69, 9.17) is 5.73 Å². The number of anilines is 1. The summed E-state index contributed by atoms with van der Waals surface area (Å²) in [7, 11) is 5.52. The number of nitrogens with one attached hydrogen (secondary N) is 2. The first-order valence-electron chi connectivity index (χ1n) is 10.9. The molecule has 0 aliphatic carbocycles. The molecule has 2 heterocycles. The van der Waals surface area contributed by atoms with Crippen molar-refractivity contribution in [2.45, 2.75) is 37.8 Å². The van der Waals surface area contributed by atoms with Crippen LogP contribution < -0.4 is 16.4 Å². The number of carbonyl (C=O) groups excluding carboxylic acids is 2. The number of nitrogens with zero attached hydrogens (tertiary/aromatic N) is 3. The zero-order chi connectivity index (χ0) is 24.3. The molecule has 33 heavy (non-hydrogen) atoms. The molecule has 9 heteroatoms. The molecule has 1 aliphatic heterocycles. The maximum absolute atomic E-state index is 13.1. The van der Waals surface area contributed by atoms with Gasteiger partial charge in [-0.05, 0) is 43.5 Å². The number of likely N-dealkylation sites (N-methyl/N-ethyl adjacent to an activating group) is 1. The van der Waals surface area contributed by atoms with Crippen LogP contribution in [-0.4, -0.2) is 65.7 Å². The van der Waals surface area contributed by atoms with Crippen LogP contribution in [0.5, 0.6) is 0 Å². The van der Waals surface area contributed by atoms with Gasteiger partial charge in [-0.15, -0.1) is 11.8 Å². The van der Waals surface area contributed by atoms with E-state index in [1.807, 2.05) is 47.1 Å². The van der Waals surface area contributed by atoms with Crippen LogP contribution in [0, 0.1) is 13.8 Å². The Hall–Kier alpha value is -2.91. The third-order valence-corrected chi connectivity index (χ3v) is 6.45. The average Bonchev–Trinajstić information content (AvgIpc) is 2.70. The number of aryl methyl sites for hydroxylation is 2. The van der Waals surface area contributed by atoms with E-state index in [0.29, 0.717) is 36.5 Å². The van der Waals surface area contributed by atoms with E-state index in [9.17, 15) is 9.59 Å². The van der Waals surface area contributed by atoms with E-state index in [0.717, 1.165) is 27.3 Å². The minimum Gasteiger partial charge on any atom is -0.370 e. The Kier molecular flexibility index (Phi) is 7.44. The van der Waals surface area contributed by atoms with Crippen molar-refractivity contribution in [3.05, 3.63) is 41.5 Å². The van der Waals surface area contributed by atoms with Crippen LogP contribution in [0.1, 0.15) is 29.5 Å². The first kappa shape index (κ1) is 24.7. The Morgan fingerprint density at radius 1 is 1.15 bits per heavy atom. The number of nitrogen functional groups attached to an aromatic ring is 1. The van der Waals surface area contributed by atoms with Crippen LogP contribution >= 0.6 is 11.8 Å². The largest absolute Gasteiger partial charge is 0.370 e. The first-order valence-corrected chi connectivity index (χ1v) is 11.9. The summed E-state index contributed by atoms with van der Waals surface area (Å²) in [6.45, 7) is 8.68. The molecular weight excluding hydrogens is 436 g/mol. The first-order chi connectivity index (χ1) is 15.5. The van der Waals surface area contributed by atoms with Gasteiger partial charge in [0.15, 0.2) is 0 Å². The number of nitrogens with two attached hydrogens (primary N) is 1. The summed E-state index contributed by atoms with van der Waals surface area (Å²) in [5, 5.41) is 6.98. The lowest BCUT2D eigenvalue weighted by atomic mass is 9.96. The Balaban J connectivity index is 2.08. The van der Waals surface area contributed by atoms with Gasteiger partial charge in [-0.3, -0.25) is 9.28 Å². The Labute approximate surface area is 199 Å². The van der Waals surface area contributed by atoms with E-state index < -0.39 is 6.04 Å². The molecule has 0 spiro atoms. The molecular formula is C24H33N6O2S+. The second-order valence-electron chi connectivity index (χ2n) is 9.19. The van der Waals surface area contributed by atoms with E-state index in [-0.39, 0.29) is 22.2 Å². The monoisotopic (exact) mass is 469 g/mol. The van der Waals surface area contributed by atoms with Crippen molar-refractivity contribution < 1.29 is 14.1 Å². The fraction of sp³-hybridized carbons (Fsp3) is 0.417. The maximum Gasteiger partial charge on any atom is 0.335 e. The number of hydrogen-bond acceptors (Lipinski definition) is 7. The number of rotatable bonds is 1. The molecule has 2 aromatic rings. The molecule has 0 radical (unpaired) electrons. The molecule has 1 aromatic carbocycles. The van der Waals surface area contributed by atoms with Crippen LogP contribution in [0.15, 0.2) is 29.8 Å². The number of thioether (sulfide) groups is 1. The van der Waals surface area contributed by atoms with Crippen molar-refractivity contribution in [1.29, 1.82) is 0 Å². The van der Waals surface area contributed by atoms with E-state index in [1.54, 1.807) is 0 Å². The van der Waals surface area contributed by atoms with Crippen LogP contribution in [0.25, 0.3) is 17.0 Å². The summed E-state index contributed by atoms with van der Waals surface area (Å²) < 4.78 is 0.163. The lowest BCUT2D eigenvalue weighted by Gasteiger charge is -2.28. The van der Waals surface area contributed by atoms with Gasteiger partial charge in [0.05, 0.1) is 26.8 Å². The normalized spacial score (nSPS) is 17.8. The van der Waals surface area contributed by atoms with Gasteiger partial charge in [-0.2, -0.15) is 0 Å². The fourth-order valence-electron chi connectivity index (χ4n) is 3.81. The summed E-state index contributed by atoms with van der Waals surface area (Å²) in [5.74, 6) is 0.702. The zero-order valence-corrected chi connectivity index (χ0v) is 20.8. The van der Waals surface area contributed by atoms with Gasteiger partial charge in [-0.25, -0.2) is 14.8 Å². The third kappa shape index (κ3) is 6.11. The highest BCUT2D eigenvalue weighted by Gasteiger charge is 2.31. The topological polar surface area (TPSA) is 110 Å². The van der Waals surface area contributed by atoms with Crippen molar-refractivity contribution in [3.8, 4) is 11.3 Å². The summed E-state index contributed by atoms with van der Waals surface area (Å²) in [6, 6.07) is 5.52. The quantitative estimate of drug-likeness (QED) is 0.435. The predicted octanol–water partition coefficient (Wildman–Crippen LogP) is 2.51. The molecule has 0 saturated carbocycles. The van der Waals surface area contributed by atoms with E-state index in [2.05, 4.69) is 33.2 Å². The number of carbonyl (C=O) groups is 2. The van der Waals surface area contributed by atoms with Gasteiger partial charge < -0.3 is 16.4 Å². The van der Waals surface area contributed by atoms with Gasteiger partial charge in [-0.1, -0.05) is 12.6 Å². The smallest absolute Gasteiger partial charge is 0.335 e. The van der Waals surface area contributed by atoms with Crippen molar-refractivity contribution >= 4 is 35.2 Å². The molecule has 1 atom stereocenters. The lowest BCUT2D eigenvalue weighted by molar-refractivity contribution is -0.793. The number of fused-ring (bicyclic) bond motifs is 5. The molecule has 1 aromatic heterocycles. The molecule has 176 valence electrons. The van der Waals surface area contributed by atoms with Crippen LogP contribution in [0.2, 0.25) is 0 Å². The van der Waals surface area contributed by atoms with Crippen LogP contribution in [-0.2, 0) is 9.59 Å². The molecule has 0 saturated heterocycles. The van der Waals surface area contributed by atoms with Gasteiger partial charge >= 0.3 is 5.91 Å². The Bertz CT molecular complexity index is 1090. The summed E-state index contributed by atoms with van der Waals surface area (Å²) >= 11 is 1.47. The molecule has 1 unspecified atom stereocenters. The highest BCUT2D eigenvalue weighted by molar-refractivity contribution is 7.99. The van der Waals surface area contributed by atoms with Crippen LogP contribution in [0.4, 0.5) is 5.95 Å². The maximum atomic E-state index is 13.1. The van der Waals surface area contributed by atoms with E-state index in [1.165, 1.54) is 11.8 Å². The second-order valence-corrected chi connectivity index (χ2v) is 10.3. The highest BCUT2D eigenvalue weighted by atomic mass is 32.2. The number of benzene rings is 1. The summed E-state index contributed by atoms with van der Waals surface area (Å²) in [4.78, 5) is 34.2. The van der Waals surface area contributed by atoms with Crippen molar-refractivity contribution in [2.24, 2.45) is 0 Å². The Morgan fingerprint density at radius 2 is 1.85 bits per heavy atom. The molecule has 1 aliphatic rings. The van der Waals surface area contributed by atoms with E-state index >= 15 is 0 Å². The van der Waals surface area contributed by atoms with Gasteiger partial charge in [0.2, 0.25) is 11.9 Å².